The number of halogens is 3. The first-order valence-corrected chi connectivity index (χ1v) is 11.9. The molecule has 1 aliphatic heterocycles. The van der Waals surface area contributed by atoms with Crippen molar-refractivity contribution < 1.29 is 27.6 Å². The lowest BCUT2D eigenvalue weighted by molar-refractivity contribution is -0.148. The molecule has 3 aliphatic rings. The average molecular weight is 512 g/mol. The number of aromatic amines is 1. The number of fused-ring (bicyclic) bond motifs is 3. The number of nitrogens with zero attached hydrogens (tertiary/aromatic N) is 3. The Hall–Kier alpha value is -3.96. The van der Waals surface area contributed by atoms with Crippen LogP contribution in [0.2, 0.25) is 0 Å². The predicted molar refractivity (Wildman–Crippen MR) is 124 cm³/mol. The monoisotopic (exact) mass is 512 g/mol. The number of amides is 2. The summed E-state index contributed by atoms with van der Waals surface area (Å²) >= 11 is 0. The summed E-state index contributed by atoms with van der Waals surface area (Å²) in [5, 5.41) is 15.0. The molecule has 3 aromatic rings. The summed E-state index contributed by atoms with van der Waals surface area (Å²) in [5.41, 5.74) is 0.595. The molecule has 0 spiro atoms. The van der Waals surface area contributed by atoms with Crippen LogP contribution >= 0.6 is 0 Å². The molecule has 192 valence electrons. The van der Waals surface area contributed by atoms with E-state index in [2.05, 4.69) is 26.0 Å². The van der Waals surface area contributed by atoms with Gasteiger partial charge in [0, 0.05) is 30.3 Å². The van der Waals surface area contributed by atoms with E-state index in [1.165, 1.54) is 12.3 Å². The molecule has 37 heavy (non-hydrogen) atoms. The normalized spacial score (nSPS) is 22.0. The van der Waals surface area contributed by atoms with Crippen molar-refractivity contribution in [3.63, 3.8) is 0 Å². The maximum atomic E-state index is 14.0. The second-order valence-electron chi connectivity index (χ2n) is 10.3. The van der Waals surface area contributed by atoms with Crippen LogP contribution in [-0.4, -0.2) is 43.5 Å². The SMILES string of the molecule is Cc1ccc(NC(=O)c2c(C)c(C(=O)C(=O)NC3(c4cn[nH]n4)CC(F)(F)C3)n3c2C[C@H]2C[C@H]23)cc1F. The van der Waals surface area contributed by atoms with E-state index in [1.54, 1.807) is 30.5 Å². The fraction of sp³-hybridized carbons (Fsp3) is 0.400. The summed E-state index contributed by atoms with van der Waals surface area (Å²) < 4.78 is 43.4. The third kappa shape index (κ3) is 3.65. The summed E-state index contributed by atoms with van der Waals surface area (Å²) in [7, 11) is 0. The minimum atomic E-state index is -3.01. The van der Waals surface area contributed by atoms with Crippen molar-refractivity contribution in [1.29, 1.82) is 0 Å². The van der Waals surface area contributed by atoms with Crippen LogP contribution in [0.3, 0.4) is 0 Å². The molecule has 3 N–H and O–H groups in total. The predicted octanol–water partition coefficient (Wildman–Crippen LogP) is 3.36. The lowest BCUT2D eigenvalue weighted by Gasteiger charge is -2.46. The molecule has 0 bridgehead atoms. The number of aromatic nitrogens is 4. The second kappa shape index (κ2) is 7.77. The number of aryl methyl sites for hydroxylation is 1. The number of benzene rings is 1. The Balaban J connectivity index is 1.31. The van der Waals surface area contributed by atoms with Crippen LogP contribution in [0, 0.1) is 25.6 Å². The molecule has 6 rings (SSSR count). The van der Waals surface area contributed by atoms with Gasteiger partial charge in [-0.1, -0.05) is 6.07 Å². The number of nitrogens with one attached hydrogen (secondary N) is 3. The molecule has 9 nitrogen and oxygen atoms in total. The Morgan fingerprint density at radius 1 is 1.19 bits per heavy atom. The van der Waals surface area contributed by atoms with Crippen molar-refractivity contribution in [3.05, 3.63) is 64.0 Å². The highest BCUT2D eigenvalue weighted by Gasteiger charge is 2.60. The molecular weight excluding hydrogens is 489 g/mol. The van der Waals surface area contributed by atoms with E-state index < -0.39 is 47.7 Å². The fourth-order valence-electron chi connectivity index (χ4n) is 5.78. The molecule has 2 aliphatic carbocycles. The van der Waals surface area contributed by atoms with Gasteiger partial charge in [-0.15, -0.1) is 0 Å². The first-order chi connectivity index (χ1) is 17.5. The number of hydrogen-bond donors (Lipinski definition) is 3. The van der Waals surface area contributed by atoms with Crippen molar-refractivity contribution in [1.82, 2.24) is 25.3 Å². The Bertz CT molecular complexity index is 1470. The van der Waals surface area contributed by atoms with Gasteiger partial charge in [0.1, 0.15) is 11.5 Å². The van der Waals surface area contributed by atoms with Gasteiger partial charge < -0.3 is 15.2 Å². The van der Waals surface area contributed by atoms with Gasteiger partial charge in [-0.25, -0.2) is 13.2 Å². The van der Waals surface area contributed by atoms with Crippen LogP contribution in [0.15, 0.2) is 24.4 Å². The fourth-order valence-corrected chi connectivity index (χ4v) is 5.78. The molecule has 0 radical (unpaired) electrons. The van der Waals surface area contributed by atoms with Gasteiger partial charge in [0.2, 0.25) is 0 Å². The summed E-state index contributed by atoms with van der Waals surface area (Å²) in [6.45, 7) is 3.19. The van der Waals surface area contributed by atoms with Crippen molar-refractivity contribution in [2.24, 2.45) is 5.92 Å². The maximum Gasteiger partial charge on any atom is 0.294 e. The quantitative estimate of drug-likeness (QED) is 0.346. The van der Waals surface area contributed by atoms with Crippen LogP contribution in [0.4, 0.5) is 18.9 Å². The van der Waals surface area contributed by atoms with Gasteiger partial charge in [-0.2, -0.15) is 15.4 Å². The first kappa shape index (κ1) is 23.4. The number of ketones is 1. The van der Waals surface area contributed by atoms with Gasteiger partial charge >= 0.3 is 0 Å². The van der Waals surface area contributed by atoms with Crippen molar-refractivity contribution in [3.8, 4) is 0 Å². The number of anilines is 1. The van der Waals surface area contributed by atoms with Gasteiger partial charge in [-0.3, -0.25) is 14.4 Å². The highest BCUT2D eigenvalue weighted by atomic mass is 19.3. The van der Waals surface area contributed by atoms with E-state index in [0.717, 1.165) is 6.42 Å². The minimum Gasteiger partial charge on any atom is -0.337 e. The molecule has 12 heteroatoms. The number of carbonyl (C=O) groups is 3. The molecule has 1 aromatic carbocycles. The summed E-state index contributed by atoms with van der Waals surface area (Å²) in [5.74, 6) is -5.69. The smallest absolute Gasteiger partial charge is 0.294 e. The van der Waals surface area contributed by atoms with E-state index >= 15 is 0 Å². The Morgan fingerprint density at radius 3 is 2.59 bits per heavy atom. The van der Waals surface area contributed by atoms with Gasteiger partial charge in [-0.05, 0) is 55.9 Å². The zero-order chi connectivity index (χ0) is 26.3. The lowest BCUT2D eigenvalue weighted by atomic mass is 9.71. The largest absolute Gasteiger partial charge is 0.337 e. The second-order valence-corrected chi connectivity index (χ2v) is 10.3. The summed E-state index contributed by atoms with van der Waals surface area (Å²) in [4.78, 5) is 39.9. The number of H-pyrrole nitrogens is 1. The molecular formula is C25H23F3N6O3. The molecule has 2 saturated carbocycles. The third-order valence-electron chi connectivity index (χ3n) is 7.68. The highest BCUT2D eigenvalue weighted by molar-refractivity contribution is 6.43. The van der Waals surface area contributed by atoms with E-state index in [0.29, 0.717) is 23.2 Å². The molecule has 2 atom stereocenters. The zero-order valence-corrected chi connectivity index (χ0v) is 20.0. The number of rotatable bonds is 6. The molecule has 2 amide bonds. The molecule has 2 fully saturated rings. The standard InChI is InChI=1S/C25H23F3N6O3/c1-11-3-4-14(7-15(11)26)30-22(36)19-12(2)20(34-16-5-13(16)6-17(19)34)21(35)23(37)31-24(9-25(27,28)10-24)18-8-29-33-32-18/h3-4,7-8,13,16H,5-6,9-10H2,1-2H3,(H,30,36)(H,31,37)(H,29,32,33)/t13-,16-/m1/s1. The van der Waals surface area contributed by atoms with E-state index in [9.17, 15) is 27.6 Å². The molecule has 3 heterocycles. The van der Waals surface area contributed by atoms with Crippen LogP contribution in [0.25, 0.3) is 0 Å². The maximum absolute atomic E-state index is 14.0. The van der Waals surface area contributed by atoms with Crippen LogP contribution in [0.1, 0.15) is 68.7 Å². The van der Waals surface area contributed by atoms with Crippen molar-refractivity contribution in [2.75, 3.05) is 5.32 Å². The number of hydrogen-bond acceptors (Lipinski definition) is 5. The Labute approximate surface area is 208 Å². The van der Waals surface area contributed by atoms with E-state index in [-0.39, 0.29) is 34.6 Å². The van der Waals surface area contributed by atoms with Gasteiger partial charge in [0.25, 0.3) is 23.5 Å². The van der Waals surface area contributed by atoms with E-state index in [4.69, 9.17) is 0 Å². The molecule has 0 saturated heterocycles. The average Bonchev–Trinajstić information content (AvgIpc) is 3.13. The lowest BCUT2D eigenvalue weighted by Crippen LogP contribution is -2.61. The molecule has 0 unspecified atom stereocenters. The van der Waals surface area contributed by atoms with Crippen LogP contribution in [0.5, 0.6) is 0 Å². The van der Waals surface area contributed by atoms with Crippen LogP contribution < -0.4 is 10.6 Å². The molecule has 2 aromatic heterocycles. The first-order valence-electron chi connectivity index (χ1n) is 11.9. The van der Waals surface area contributed by atoms with Gasteiger partial charge in [0.05, 0.1) is 23.0 Å². The third-order valence-corrected chi connectivity index (χ3v) is 7.68. The van der Waals surface area contributed by atoms with Gasteiger partial charge in [0.15, 0.2) is 0 Å². The number of carbonyl (C=O) groups excluding carboxylic acids is 3. The van der Waals surface area contributed by atoms with E-state index in [1.807, 2.05) is 0 Å². The number of alkyl halides is 2. The zero-order valence-electron chi connectivity index (χ0n) is 20.0. The minimum absolute atomic E-state index is 0.00337. The summed E-state index contributed by atoms with van der Waals surface area (Å²) in [6.07, 6.45) is 1.22. The highest BCUT2D eigenvalue weighted by Crippen LogP contribution is 2.55. The van der Waals surface area contributed by atoms with Crippen molar-refractivity contribution in [2.45, 2.75) is 57.0 Å². The topological polar surface area (TPSA) is 122 Å². The number of Topliss-reactive ketones (excluding diaryl/α,β-unsaturated/α-hetero) is 1. The summed E-state index contributed by atoms with van der Waals surface area (Å²) in [6, 6.07) is 4.34. The Kier molecular flexibility index (Phi) is 4.92. The Morgan fingerprint density at radius 2 is 1.95 bits per heavy atom. The van der Waals surface area contributed by atoms with Crippen molar-refractivity contribution >= 4 is 23.3 Å². The van der Waals surface area contributed by atoms with Crippen LogP contribution in [-0.2, 0) is 16.8 Å².